The Balaban J connectivity index is 1.26. The van der Waals surface area contributed by atoms with E-state index in [0.29, 0.717) is 29.6 Å². The molecule has 1 aliphatic carbocycles. The molecule has 1 saturated carbocycles. The highest BCUT2D eigenvalue weighted by Gasteiger charge is 2.51. The number of aromatic nitrogens is 4. The molecule has 1 atom stereocenters. The number of aryl methyl sites for hydroxylation is 2. The van der Waals surface area contributed by atoms with E-state index in [1.54, 1.807) is 35.3 Å². The molecule has 4 heterocycles. The molecule has 2 fully saturated rings. The van der Waals surface area contributed by atoms with Gasteiger partial charge in [-0.2, -0.15) is 5.10 Å². The number of nitrogens with one attached hydrogen (secondary N) is 1. The van der Waals surface area contributed by atoms with Gasteiger partial charge in [-0.15, -0.1) is 0 Å². The number of aliphatic hydroxyl groups excluding tert-OH is 1. The molecule has 5 rings (SSSR count). The first-order valence-electron chi connectivity index (χ1n) is 10.8. The second-order valence-electron chi connectivity index (χ2n) is 8.62. The first-order chi connectivity index (χ1) is 15.4. The summed E-state index contributed by atoms with van der Waals surface area (Å²) in [5.41, 5.74) is 2.20. The Kier molecular flexibility index (Phi) is 5.05. The summed E-state index contributed by atoms with van der Waals surface area (Å²) in [6.07, 6.45) is 8.55. The first-order valence-corrected chi connectivity index (χ1v) is 10.8. The lowest BCUT2D eigenvalue weighted by Crippen LogP contribution is -2.47. The van der Waals surface area contributed by atoms with Gasteiger partial charge in [0.15, 0.2) is 0 Å². The number of ether oxygens (including phenoxy) is 1. The maximum absolute atomic E-state index is 12.7. The van der Waals surface area contributed by atoms with E-state index in [1.807, 2.05) is 26.2 Å². The van der Waals surface area contributed by atoms with Gasteiger partial charge in [-0.3, -0.25) is 19.9 Å². The van der Waals surface area contributed by atoms with Crippen LogP contribution >= 0.6 is 0 Å². The minimum atomic E-state index is -0.722. The molecule has 9 heteroatoms. The van der Waals surface area contributed by atoms with Gasteiger partial charge >= 0.3 is 6.03 Å². The van der Waals surface area contributed by atoms with Crippen molar-refractivity contribution in [2.45, 2.75) is 38.8 Å². The molecule has 1 aliphatic heterocycles. The molecule has 2 N–H and O–H groups in total. The zero-order valence-corrected chi connectivity index (χ0v) is 18.2. The van der Waals surface area contributed by atoms with Gasteiger partial charge in [0.25, 0.3) is 0 Å². The number of nitrogens with zero attached hydrogens (tertiary/aromatic N) is 5. The molecule has 9 nitrogen and oxygen atoms in total. The van der Waals surface area contributed by atoms with Crippen molar-refractivity contribution in [2.24, 2.45) is 12.5 Å². The van der Waals surface area contributed by atoms with Gasteiger partial charge in [-0.1, -0.05) is 6.42 Å². The van der Waals surface area contributed by atoms with Crippen LogP contribution in [0, 0.1) is 12.3 Å². The fourth-order valence-corrected chi connectivity index (χ4v) is 4.50. The van der Waals surface area contributed by atoms with E-state index in [4.69, 9.17) is 4.74 Å². The third-order valence-corrected chi connectivity index (χ3v) is 6.54. The predicted octanol–water partition coefficient (Wildman–Crippen LogP) is 3.70. The Bertz CT molecular complexity index is 1160. The van der Waals surface area contributed by atoms with E-state index in [0.717, 1.165) is 36.9 Å². The smallest absolute Gasteiger partial charge is 0.325 e. The summed E-state index contributed by atoms with van der Waals surface area (Å²) in [4.78, 5) is 23.0. The number of amides is 2. The average Bonchev–Trinajstić information content (AvgIpc) is 3.33. The molecule has 1 spiro atoms. The second kappa shape index (κ2) is 7.90. The van der Waals surface area contributed by atoms with Crippen LogP contribution in [0.1, 0.15) is 31.4 Å². The van der Waals surface area contributed by atoms with E-state index in [-0.39, 0.29) is 11.4 Å². The van der Waals surface area contributed by atoms with Crippen molar-refractivity contribution < 1.29 is 14.6 Å². The number of urea groups is 1. The highest BCUT2D eigenvalue weighted by atomic mass is 16.5. The third kappa shape index (κ3) is 3.69. The van der Waals surface area contributed by atoms with E-state index in [9.17, 15) is 9.90 Å². The third-order valence-electron chi connectivity index (χ3n) is 6.54. The van der Waals surface area contributed by atoms with Crippen LogP contribution in [0.5, 0.6) is 11.5 Å². The zero-order chi connectivity index (χ0) is 22.3. The summed E-state index contributed by atoms with van der Waals surface area (Å²) < 4.78 is 7.73. The van der Waals surface area contributed by atoms with Gasteiger partial charge in [0.05, 0.1) is 17.6 Å². The normalized spacial score (nSPS) is 19.1. The van der Waals surface area contributed by atoms with Gasteiger partial charge in [-0.05, 0) is 44.4 Å². The molecular weight excluding hydrogens is 408 g/mol. The van der Waals surface area contributed by atoms with Crippen molar-refractivity contribution in [3.05, 3.63) is 48.5 Å². The average molecular weight is 435 g/mol. The molecule has 2 amide bonds. The van der Waals surface area contributed by atoms with Gasteiger partial charge in [0.2, 0.25) is 0 Å². The van der Waals surface area contributed by atoms with E-state index < -0.39 is 6.23 Å². The quantitative estimate of drug-likeness (QED) is 0.649. The molecule has 3 aromatic rings. The number of aliphatic hydroxyl groups is 1. The highest BCUT2D eigenvalue weighted by molar-refractivity contribution is 5.88. The van der Waals surface area contributed by atoms with Gasteiger partial charge in [0, 0.05) is 43.0 Å². The summed E-state index contributed by atoms with van der Waals surface area (Å²) in [5, 5.41) is 17.6. The van der Waals surface area contributed by atoms with Crippen LogP contribution in [0.25, 0.3) is 11.3 Å². The Morgan fingerprint density at radius 2 is 2.12 bits per heavy atom. The van der Waals surface area contributed by atoms with Crippen LogP contribution in [-0.2, 0) is 7.05 Å². The maximum Gasteiger partial charge on any atom is 0.325 e. The van der Waals surface area contributed by atoms with Crippen LogP contribution in [0.3, 0.4) is 0 Å². The lowest BCUT2D eigenvalue weighted by molar-refractivity contribution is -0.0601. The Labute approximate surface area is 186 Å². The molecule has 2 aliphatic rings. The van der Waals surface area contributed by atoms with Gasteiger partial charge in [-0.25, -0.2) is 9.78 Å². The number of anilines is 1. The molecule has 32 heavy (non-hydrogen) atoms. The molecule has 3 aromatic heterocycles. The number of carbonyl (C=O) groups is 1. The van der Waals surface area contributed by atoms with Crippen molar-refractivity contribution >= 4 is 11.8 Å². The molecule has 166 valence electrons. The van der Waals surface area contributed by atoms with Crippen molar-refractivity contribution in [3.8, 4) is 22.8 Å². The standard InChI is InChI=1S/C23H26N6O3/c1-15-19(32-17-6-10-24-18(12-17)16-13-25-28(2)14-16)4-5-20(26-15)27-22(31)29-11-9-23(21(29)30)7-3-8-23/h4-6,10,12-14,21,30H,3,7-9,11H2,1-2H3,(H,26,27,31). The molecule has 0 bridgehead atoms. The molecule has 1 saturated heterocycles. The number of hydrogen-bond acceptors (Lipinski definition) is 6. The Morgan fingerprint density at radius 1 is 1.28 bits per heavy atom. The van der Waals surface area contributed by atoms with E-state index in [2.05, 4.69) is 20.4 Å². The number of pyridine rings is 2. The van der Waals surface area contributed by atoms with Crippen molar-refractivity contribution in [3.63, 3.8) is 0 Å². The van der Waals surface area contributed by atoms with Gasteiger partial charge < -0.3 is 9.84 Å². The fourth-order valence-electron chi connectivity index (χ4n) is 4.50. The maximum atomic E-state index is 12.7. The lowest BCUT2D eigenvalue weighted by atomic mass is 9.67. The largest absolute Gasteiger partial charge is 0.455 e. The fraction of sp³-hybridized carbons (Fsp3) is 0.391. The van der Waals surface area contributed by atoms with Gasteiger partial charge in [0.1, 0.15) is 23.5 Å². The summed E-state index contributed by atoms with van der Waals surface area (Å²) >= 11 is 0. The topological polar surface area (TPSA) is 105 Å². The predicted molar refractivity (Wildman–Crippen MR) is 118 cm³/mol. The monoisotopic (exact) mass is 434 g/mol. The van der Waals surface area contributed by atoms with Crippen LogP contribution in [-0.4, -0.2) is 48.6 Å². The molecule has 0 radical (unpaired) electrons. The summed E-state index contributed by atoms with van der Waals surface area (Å²) in [7, 11) is 1.86. The summed E-state index contributed by atoms with van der Waals surface area (Å²) in [6, 6.07) is 6.77. The van der Waals surface area contributed by atoms with Crippen LogP contribution in [0.15, 0.2) is 42.9 Å². The first kappa shape index (κ1) is 20.4. The number of hydrogen-bond donors (Lipinski definition) is 2. The molecule has 0 aromatic carbocycles. The van der Waals surface area contributed by atoms with Crippen LogP contribution < -0.4 is 10.1 Å². The number of likely N-dealkylation sites (tertiary alicyclic amines) is 1. The Hall–Kier alpha value is -3.46. The minimum Gasteiger partial charge on any atom is -0.455 e. The second-order valence-corrected chi connectivity index (χ2v) is 8.62. The van der Waals surface area contributed by atoms with Crippen molar-refractivity contribution in [1.29, 1.82) is 0 Å². The van der Waals surface area contributed by atoms with Crippen LogP contribution in [0.2, 0.25) is 0 Å². The highest BCUT2D eigenvalue weighted by Crippen LogP contribution is 2.51. The van der Waals surface area contributed by atoms with E-state index >= 15 is 0 Å². The number of rotatable bonds is 4. The minimum absolute atomic E-state index is 0.0996. The number of carbonyl (C=O) groups excluding carboxylic acids is 1. The van der Waals surface area contributed by atoms with E-state index in [1.165, 1.54) is 4.90 Å². The SMILES string of the molecule is Cc1nc(NC(=O)N2CCC3(CCC3)C2O)ccc1Oc1ccnc(-c2cnn(C)c2)c1. The van der Waals surface area contributed by atoms with Crippen molar-refractivity contribution in [1.82, 2.24) is 24.6 Å². The van der Waals surface area contributed by atoms with Crippen molar-refractivity contribution in [2.75, 3.05) is 11.9 Å². The summed E-state index contributed by atoms with van der Waals surface area (Å²) in [6.45, 7) is 2.39. The molecule has 1 unspecified atom stereocenters. The molecular formula is C23H26N6O3. The lowest BCUT2D eigenvalue weighted by Gasteiger charge is -2.41. The van der Waals surface area contributed by atoms with Crippen LogP contribution in [0.4, 0.5) is 10.6 Å². The summed E-state index contributed by atoms with van der Waals surface area (Å²) in [5.74, 6) is 1.64. The Morgan fingerprint density at radius 3 is 2.78 bits per heavy atom. The zero-order valence-electron chi connectivity index (χ0n) is 18.2.